The fourth-order valence-electron chi connectivity index (χ4n) is 3.74. The Hall–Kier alpha value is -2.59. The van der Waals surface area contributed by atoms with Gasteiger partial charge in [0.2, 0.25) is 0 Å². The van der Waals surface area contributed by atoms with E-state index in [4.69, 9.17) is 11.6 Å². The lowest BCUT2D eigenvalue weighted by atomic mass is 10.0. The van der Waals surface area contributed by atoms with Crippen LogP contribution in [0.1, 0.15) is 30.9 Å². The van der Waals surface area contributed by atoms with Crippen molar-refractivity contribution in [2.24, 2.45) is 0 Å². The van der Waals surface area contributed by atoms with Crippen LogP contribution in [0.3, 0.4) is 0 Å². The van der Waals surface area contributed by atoms with Gasteiger partial charge in [0.15, 0.2) is 0 Å². The average molecular weight is 381 g/mol. The molecule has 0 bridgehead atoms. The zero-order valence-electron chi connectivity index (χ0n) is 15.2. The van der Waals surface area contributed by atoms with Crippen LogP contribution in [-0.4, -0.2) is 29.8 Å². The van der Waals surface area contributed by atoms with Gasteiger partial charge in [-0.3, -0.25) is 9.59 Å². The first-order chi connectivity index (χ1) is 13.1. The molecule has 5 heteroatoms. The Morgan fingerprint density at radius 2 is 1.52 bits per heavy atom. The molecule has 0 spiro atoms. The zero-order valence-corrected chi connectivity index (χ0v) is 16.0. The molecule has 2 aliphatic rings. The van der Waals surface area contributed by atoms with E-state index in [-0.39, 0.29) is 11.8 Å². The molecule has 0 aliphatic carbocycles. The lowest BCUT2D eigenvalue weighted by Crippen LogP contribution is -2.34. The van der Waals surface area contributed by atoms with Gasteiger partial charge in [0.25, 0.3) is 11.8 Å². The third-order valence-electron chi connectivity index (χ3n) is 5.22. The van der Waals surface area contributed by atoms with Crippen molar-refractivity contribution in [3.05, 3.63) is 70.4 Å². The normalized spacial score (nSPS) is 17.4. The van der Waals surface area contributed by atoms with Gasteiger partial charge in [0.1, 0.15) is 5.70 Å². The Balaban J connectivity index is 1.79. The van der Waals surface area contributed by atoms with Crippen molar-refractivity contribution in [2.75, 3.05) is 18.0 Å². The minimum absolute atomic E-state index is 0.240. The van der Waals surface area contributed by atoms with Crippen LogP contribution in [0.5, 0.6) is 0 Å². The molecule has 138 valence electrons. The number of likely N-dealkylation sites (tertiary alicyclic amines) is 1. The zero-order chi connectivity index (χ0) is 19.0. The molecule has 0 N–H and O–H groups in total. The molecule has 0 radical (unpaired) electrons. The van der Waals surface area contributed by atoms with E-state index in [0.29, 0.717) is 22.0 Å². The number of halogens is 1. The van der Waals surface area contributed by atoms with E-state index in [0.717, 1.165) is 37.9 Å². The second kappa shape index (κ2) is 7.20. The SMILES string of the molecule is CCc1ccc(N2C(=O)C(c3ccc(Cl)cc3)=C(N3CCCC3)C2=O)cc1. The number of amides is 2. The number of nitrogens with zero attached hydrogens (tertiary/aromatic N) is 2. The first-order valence-corrected chi connectivity index (χ1v) is 9.71. The maximum absolute atomic E-state index is 13.3. The van der Waals surface area contributed by atoms with E-state index in [2.05, 4.69) is 6.92 Å². The molecule has 2 aromatic carbocycles. The first kappa shape index (κ1) is 17.8. The highest BCUT2D eigenvalue weighted by molar-refractivity contribution is 6.45. The summed E-state index contributed by atoms with van der Waals surface area (Å²) in [6, 6.07) is 14.7. The summed E-state index contributed by atoms with van der Waals surface area (Å²) in [7, 11) is 0. The van der Waals surface area contributed by atoms with E-state index in [1.165, 1.54) is 10.5 Å². The average Bonchev–Trinajstić information content (AvgIpc) is 3.29. The molecule has 2 aromatic rings. The second-order valence-electron chi connectivity index (χ2n) is 6.89. The number of hydrogen-bond acceptors (Lipinski definition) is 3. The third kappa shape index (κ3) is 3.15. The number of imide groups is 1. The van der Waals surface area contributed by atoms with E-state index < -0.39 is 0 Å². The Labute approximate surface area is 164 Å². The highest BCUT2D eigenvalue weighted by Gasteiger charge is 2.42. The highest BCUT2D eigenvalue weighted by Crippen LogP contribution is 2.36. The molecule has 1 saturated heterocycles. The van der Waals surface area contributed by atoms with Crippen molar-refractivity contribution in [1.29, 1.82) is 0 Å². The number of rotatable bonds is 4. The molecule has 0 unspecified atom stereocenters. The number of carbonyl (C=O) groups is 2. The maximum atomic E-state index is 13.3. The molecule has 4 nitrogen and oxygen atoms in total. The van der Waals surface area contributed by atoms with Gasteiger partial charge in [-0.1, -0.05) is 42.8 Å². The summed E-state index contributed by atoms with van der Waals surface area (Å²) in [4.78, 5) is 29.9. The highest BCUT2D eigenvalue weighted by atomic mass is 35.5. The van der Waals surface area contributed by atoms with E-state index in [1.54, 1.807) is 12.1 Å². The van der Waals surface area contributed by atoms with Crippen molar-refractivity contribution >= 4 is 34.7 Å². The number of benzene rings is 2. The van der Waals surface area contributed by atoms with Crippen LogP contribution in [0.15, 0.2) is 54.2 Å². The monoisotopic (exact) mass is 380 g/mol. The van der Waals surface area contributed by atoms with Crippen LogP contribution >= 0.6 is 11.6 Å². The van der Waals surface area contributed by atoms with Crippen molar-refractivity contribution in [2.45, 2.75) is 26.2 Å². The summed E-state index contributed by atoms with van der Waals surface area (Å²) < 4.78 is 0. The van der Waals surface area contributed by atoms with E-state index in [1.807, 2.05) is 41.3 Å². The molecule has 27 heavy (non-hydrogen) atoms. The molecule has 2 heterocycles. The summed E-state index contributed by atoms with van der Waals surface area (Å²) in [5.74, 6) is -0.510. The summed E-state index contributed by atoms with van der Waals surface area (Å²) >= 11 is 6.01. The van der Waals surface area contributed by atoms with Crippen LogP contribution in [0, 0.1) is 0 Å². The van der Waals surface area contributed by atoms with Gasteiger partial charge in [-0.15, -0.1) is 0 Å². The molecule has 0 saturated carbocycles. The fraction of sp³-hybridized carbons (Fsp3) is 0.273. The predicted octanol–water partition coefficient (Wildman–Crippen LogP) is 4.28. The lowest BCUT2D eigenvalue weighted by molar-refractivity contribution is -0.120. The molecular formula is C22H21ClN2O2. The van der Waals surface area contributed by atoms with Gasteiger partial charge in [-0.05, 0) is 54.7 Å². The summed E-state index contributed by atoms with van der Waals surface area (Å²) in [5, 5.41) is 0.603. The van der Waals surface area contributed by atoms with Crippen LogP contribution in [0.2, 0.25) is 5.02 Å². The standard InChI is InChI=1S/C22H21ClN2O2/c1-2-15-5-11-18(12-6-15)25-21(26)19(16-7-9-17(23)10-8-16)20(22(25)27)24-13-3-4-14-24/h5-12H,2-4,13-14H2,1H3. The van der Waals surface area contributed by atoms with Crippen LogP contribution in [0.4, 0.5) is 5.69 Å². The van der Waals surface area contributed by atoms with Crippen LogP contribution in [-0.2, 0) is 16.0 Å². The number of anilines is 1. The van der Waals surface area contributed by atoms with Gasteiger partial charge in [0.05, 0.1) is 11.3 Å². The van der Waals surface area contributed by atoms with E-state index in [9.17, 15) is 9.59 Å². The molecule has 2 aliphatic heterocycles. The van der Waals surface area contributed by atoms with Crippen molar-refractivity contribution in [3.63, 3.8) is 0 Å². The molecular weight excluding hydrogens is 360 g/mol. The molecule has 1 fully saturated rings. The number of carbonyl (C=O) groups excluding carboxylic acids is 2. The van der Waals surface area contributed by atoms with Crippen molar-refractivity contribution < 1.29 is 9.59 Å². The third-order valence-corrected chi connectivity index (χ3v) is 5.47. The van der Waals surface area contributed by atoms with Gasteiger partial charge in [-0.2, -0.15) is 0 Å². The Bertz CT molecular complexity index is 910. The maximum Gasteiger partial charge on any atom is 0.282 e. The van der Waals surface area contributed by atoms with Gasteiger partial charge in [0, 0.05) is 18.1 Å². The summed E-state index contributed by atoms with van der Waals surface area (Å²) in [6.07, 6.45) is 2.98. The van der Waals surface area contributed by atoms with Crippen LogP contribution in [0.25, 0.3) is 5.57 Å². The van der Waals surface area contributed by atoms with Crippen LogP contribution < -0.4 is 4.90 Å². The summed E-state index contributed by atoms with van der Waals surface area (Å²) in [5.41, 5.74) is 3.50. The first-order valence-electron chi connectivity index (χ1n) is 9.33. The largest absolute Gasteiger partial charge is 0.366 e. The number of aryl methyl sites for hydroxylation is 1. The minimum Gasteiger partial charge on any atom is -0.366 e. The van der Waals surface area contributed by atoms with Crippen molar-refractivity contribution in [1.82, 2.24) is 4.90 Å². The fourth-order valence-corrected chi connectivity index (χ4v) is 3.87. The Morgan fingerprint density at radius 3 is 2.11 bits per heavy atom. The molecule has 2 amide bonds. The van der Waals surface area contributed by atoms with E-state index >= 15 is 0 Å². The minimum atomic E-state index is -0.270. The predicted molar refractivity (Wildman–Crippen MR) is 107 cm³/mol. The molecule has 4 rings (SSSR count). The topological polar surface area (TPSA) is 40.6 Å². The smallest absolute Gasteiger partial charge is 0.282 e. The lowest BCUT2D eigenvalue weighted by Gasteiger charge is -2.20. The quantitative estimate of drug-likeness (QED) is 0.743. The Morgan fingerprint density at radius 1 is 0.889 bits per heavy atom. The van der Waals surface area contributed by atoms with Gasteiger partial charge < -0.3 is 4.90 Å². The Kier molecular flexibility index (Phi) is 4.75. The number of hydrogen-bond donors (Lipinski definition) is 0. The second-order valence-corrected chi connectivity index (χ2v) is 7.33. The molecule has 0 aromatic heterocycles. The molecule has 0 atom stereocenters. The van der Waals surface area contributed by atoms with Gasteiger partial charge >= 0.3 is 0 Å². The van der Waals surface area contributed by atoms with Gasteiger partial charge in [-0.25, -0.2) is 4.90 Å². The van der Waals surface area contributed by atoms with Crippen molar-refractivity contribution in [3.8, 4) is 0 Å². The summed E-state index contributed by atoms with van der Waals surface area (Å²) in [6.45, 7) is 3.68.